The summed E-state index contributed by atoms with van der Waals surface area (Å²) in [5, 5.41) is 6.06. The first-order chi connectivity index (χ1) is 8.74. The first-order valence-electron chi connectivity index (χ1n) is 6.29. The fourth-order valence-corrected chi connectivity index (χ4v) is 1.98. The van der Waals surface area contributed by atoms with E-state index >= 15 is 0 Å². The molecule has 0 atom stereocenters. The summed E-state index contributed by atoms with van der Waals surface area (Å²) in [5.74, 6) is -0.112. The van der Waals surface area contributed by atoms with Crippen molar-refractivity contribution in [1.29, 1.82) is 0 Å². The van der Waals surface area contributed by atoms with Crippen LogP contribution in [0.1, 0.15) is 18.5 Å². The number of amides is 1. The van der Waals surface area contributed by atoms with Gasteiger partial charge in [0.1, 0.15) is 6.61 Å². The lowest BCUT2D eigenvalue weighted by molar-refractivity contribution is -0.123. The highest BCUT2D eigenvalue weighted by Crippen LogP contribution is 2.09. The summed E-state index contributed by atoms with van der Waals surface area (Å²) < 4.78 is 5.58. The van der Waals surface area contributed by atoms with E-state index in [1.807, 2.05) is 13.0 Å². The second kappa shape index (κ2) is 6.47. The molecule has 18 heavy (non-hydrogen) atoms. The van der Waals surface area contributed by atoms with Gasteiger partial charge in [-0.1, -0.05) is 0 Å². The average molecular weight is 249 g/mol. The van der Waals surface area contributed by atoms with Crippen molar-refractivity contribution in [1.82, 2.24) is 10.3 Å². The number of carbonyl (C=O) groups is 1. The van der Waals surface area contributed by atoms with Gasteiger partial charge in [0.2, 0.25) is 5.91 Å². The van der Waals surface area contributed by atoms with E-state index in [0.717, 1.165) is 37.3 Å². The molecule has 0 spiro atoms. The van der Waals surface area contributed by atoms with Gasteiger partial charge in [-0.25, -0.2) is 0 Å². The molecule has 5 heteroatoms. The van der Waals surface area contributed by atoms with Crippen molar-refractivity contribution in [3.63, 3.8) is 0 Å². The molecule has 2 N–H and O–H groups in total. The molecule has 0 aromatic carbocycles. The van der Waals surface area contributed by atoms with Gasteiger partial charge in [0.25, 0.3) is 0 Å². The van der Waals surface area contributed by atoms with E-state index in [0.29, 0.717) is 0 Å². The Hall–Kier alpha value is -1.46. The van der Waals surface area contributed by atoms with Gasteiger partial charge in [-0.3, -0.25) is 9.78 Å². The zero-order chi connectivity index (χ0) is 12.8. The van der Waals surface area contributed by atoms with E-state index < -0.39 is 0 Å². The van der Waals surface area contributed by atoms with Crippen LogP contribution < -0.4 is 10.6 Å². The third kappa shape index (κ3) is 4.09. The number of carbonyl (C=O) groups excluding carboxylic acids is 1. The number of ether oxygens (including phenoxy) is 1. The molecule has 0 bridgehead atoms. The normalized spacial score (nSPS) is 16.5. The number of piperidine rings is 1. The zero-order valence-corrected chi connectivity index (χ0v) is 10.6. The Kier molecular flexibility index (Phi) is 4.66. The highest BCUT2D eigenvalue weighted by molar-refractivity contribution is 5.91. The van der Waals surface area contributed by atoms with Crippen LogP contribution in [0.25, 0.3) is 0 Å². The van der Waals surface area contributed by atoms with Gasteiger partial charge < -0.3 is 15.4 Å². The predicted octanol–water partition coefficient (Wildman–Crippen LogP) is 1.10. The van der Waals surface area contributed by atoms with E-state index in [-0.39, 0.29) is 18.6 Å². The van der Waals surface area contributed by atoms with Gasteiger partial charge in [-0.15, -0.1) is 0 Å². The van der Waals surface area contributed by atoms with E-state index in [1.54, 1.807) is 12.3 Å². The van der Waals surface area contributed by atoms with Crippen molar-refractivity contribution in [3.05, 3.63) is 24.0 Å². The summed E-state index contributed by atoms with van der Waals surface area (Å²) in [6.07, 6.45) is 3.83. The van der Waals surface area contributed by atoms with Gasteiger partial charge in [0, 0.05) is 17.6 Å². The van der Waals surface area contributed by atoms with Crippen molar-refractivity contribution in [2.24, 2.45) is 0 Å². The molecule has 1 aliphatic heterocycles. The molecule has 1 fully saturated rings. The second-order valence-corrected chi connectivity index (χ2v) is 4.49. The van der Waals surface area contributed by atoms with Crippen LogP contribution >= 0.6 is 0 Å². The molecule has 98 valence electrons. The third-order valence-corrected chi connectivity index (χ3v) is 2.92. The average Bonchev–Trinajstić information content (AvgIpc) is 2.38. The number of hydrogen-bond acceptors (Lipinski definition) is 4. The quantitative estimate of drug-likeness (QED) is 0.838. The molecule has 0 radical (unpaired) electrons. The Morgan fingerprint density at radius 3 is 3.06 bits per heavy atom. The second-order valence-electron chi connectivity index (χ2n) is 4.49. The summed E-state index contributed by atoms with van der Waals surface area (Å²) >= 11 is 0. The first-order valence-corrected chi connectivity index (χ1v) is 6.29. The Balaban J connectivity index is 1.74. The van der Waals surface area contributed by atoms with Gasteiger partial charge in [0.05, 0.1) is 6.10 Å². The number of hydrogen-bond donors (Lipinski definition) is 2. The molecular weight excluding hydrogens is 230 g/mol. The lowest BCUT2D eigenvalue weighted by Gasteiger charge is -2.22. The van der Waals surface area contributed by atoms with Gasteiger partial charge >= 0.3 is 0 Å². The Labute approximate surface area is 107 Å². The number of rotatable bonds is 4. The van der Waals surface area contributed by atoms with Crippen molar-refractivity contribution < 1.29 is 9.53 Å². The fourth-order valence-electron chi connectivity index (χ4n) is 1.98. The van der Waals surface area contributed by atoms with Crippen molar-refractivity contribution in [3.8, 4) is 0 Å². The molecule has 1 saturated heterocycles. The molecule has 1 aromatic heterocycles. The van der Waals surface area contributed by atoms with Crippen molar-refractivity contribution >= 4 is 11.6 Å². The van der Waals surface area contributed by atoms with Crippen molar-refractivity contribution in [2.75, 3.05) is 25.0 Å². The highest BCUT2D eigenvalue weighted by Gasteiger charge is 2.14. The standard InChI is InChI=1S/C13H19N3O2/c1-10-8-11(2-7-15-10)16-13(17)9-18-12-3-5-14-6-4-12/h2,7-8,12,14H,3-6,9H2,1H3,(H,15,16,17). The topological polar surface area (TPSA) is 63.2 Å². The minimum Gasteiger partial charge on any atom is -0.368 e. The molecule has 0 aliphatic carbocycles. The minimum atomic E-state index is -0.112. The lowest BCUT2D eigenvalue weighted by atomic mass is 10.1. The maximum absolute atomic E-state index is 11.7. The lowest BCUT2D eigenvalue weighted by Crippen LogP contribution is -2.34. The molecular formula is C13H19N3O2. The van der Waals surface area contributed by atoms with Crippen LogP contribution in [0.15, 0.2) is 18.3 Å². The zero-order valence-electron chi connectivity index (χ0n) is 10.6. The third-order valence-electron chi connectivity index (χ3n) is 2.92. The summed E-state index contributed by atoms with van der Waals surface area (Å²) in [5.41, 5.74) is 1.65. The smallest absolute Gasteiger partial charge is 0.250 e. The SMILES string of the molecule is Cc1cc(NC(=O)COC2CCNCC2)ccn1. The van der Waals surface area contributed by atoms with Crippen LogP contribution in [0.5, 0.6) is 0 Å². The van der Waals surface area contributed by atoms with Gasteiger partial charge in [0.15, 0.2) is 0 Å². The maximum atomic E-state index is 11.7. The van der Waals surface area contributed by atoms with E-state index in [4.69, 9.17) is 4.74 Å². The van der Waals surface area contributed by atoms with Crippen LogP contribution in [-0.4, -0.2) is 36.7 Å². The van der Waals surface area contributed by atoms with E-state index in [9.17, 15) is 4.79 Å². The minimum absolute atomic E-state index is 0.112. The Bertz CT molecular complexity index is 403. The monoisotopic (exact) mass is 249 g/mol. The van der Waals surface area contributed by atoms with Gasteiger partial charge in [-0.05, 0) is 45.0 Å². The Morgan fingerprint density at radius 1 is 1.56 bits per heavy atom. The largest absolute Gasteiger partial charge is 0.368 e. The molecule has 2 heterocycles. The number of pyridine rings is 1. The summed E-state index contributed by atoms with van der Waals surface area (Å²) in [6.45, 7) is 3.94. The summed E-state index contributed by atoms with van der Waals surface area (Å²) in [7, 11) is 0. The van der Waals surface area contributed by atoms with Crippen LogP contribution in [0, 0.1) is 6.92 Å². The summed E-state index contributed by atoms with van der Waals surface area (Å²) in [6, 6.07) is 3.61. The van der Waals surface area contributed by atoms with Crippen LogP contribution in [0.3, 0.4) is 0 Å². The molecule has 5 nitrogen and oxygen atoms in total. The van der Waals surface area contributed by atoms with Crippen LogP contribution in [0.4, 0.5) is 5.69 Å². The first kappa shape index (κ1) is 13.0. The van der Waals surface area contributed by atoms with E-state index in [2.05, 4.69) is 15.6 Å². The summed E-state index contributed by atoms with van der Waals surface area (Å²) in [4.78, 5) is 15.8. The molecule has 1 amide bonds. The van der Waals surface area contributed by atoms with E-state index in [1.165, 1.54) is 0 Å². The van der Waals surface area contributed by atoms with Crippen LogP contribution in [0.2, 0.25) is 0 Å². The van der Waals surface area contributed by atoms with Crippen molar-refractivity contribution in [2.45, 2.75) is 25.9 Å². The predicted molar refractivity (Wildman–Crippen MR) is 69.4 cm³/mol. The Morgan fingerprint density at radius 2 is 2.33 bits per heavy atom. The number of nitrogens with zero attached hydrogens (tertiary/aromatic N) is 1. The van der Waals surface area contributed by atoms with Gasteiger partial charge in [-0.2, -0.15) is 0 Å². The molecule has 0 unspecified atom stereocenters. The molecule has 1 aromatic rings. The van der Waals surface area contributed by atoms with Crippen LogP contribution in [-0.2, 0) is 9.53 Å². The number of nitrogens with one attached hydrogen (secondary N) is 2. The number of aryl methyl sites for hydroxylation is 1. The maximum Gasteiger partial charge on any atom is 0.250 e. The number of aromatic nitrogens is 1. The highest BCUT2D eigenvalue weighted by atomic mass is 16.5. The molecule has 2 rings (SSSR count). The number of anilines is 1. The molecule has 1 aliphatic rings. The molecule has 0 saturated carbocycles. The fraction of sp³-hybridized carbons (Fsp3) is 0.538.